The van der Waals surface area contributed by atoms with Gasteiger partial charge in [-0.1, -0.05) is 83.8 Å². The summed E-state index contributed by atoms with van der Waals surface area (Å²) in [5.74, 6) is 0. The SMILES string of the molecule is CC/C=C\C[C@H]1O[C@H]1C[C@H]1O[C@H]1CCCCCCCCCCC. The van der Waals surface area contributed by atoms with Gasteiger partial charge in [-0.05, 0) is 19.3 Å². The highest BCUT2D eigenvalue weighted by atomic mass is 16.6. The van der Waals surface area contributed by atoms with Gasteiger partial charge >= 0.3 is 0 Å². The minimum atomic E-state index is 0.481. The molecule has 2 nitrogen and oxygen atoms in total. The fourth-order valence-electron chi connectivity index (χ4n) is 3.52. The Kier molecular flexibility index (Phi) is 9.29. The number of unbranched alkanes of at least 4 members (excludes halogenated alkanes) is 8. The summed E-state index contributed by atoms with van der Waals surface area (Å²) >= 11 is 0. The smallest absolute Gasteiger partial charge is 0.0877 e. The van der Waals surface area contributed by atoms with Gasteiger partial charge in [0, 0.05) is 6.42 Å². The first-order valence-corrected chi connectivity index (χ1v) is 10.3. The van der Waals surface area contributed by atoms with Crippen molar-refractivity contribution in [2.75, 3.05) is 0 Å². The second-order valence-electron chi connectivity index (χ2n) is 7.39. The van der Waals surface area contributed by atoms with E-state index in [-0.39, 0.29) is 0 Å². The second kappa shape index (κ2) is 11.3. The van der Waals surface area contributed by atoms with Gasteiger partial charge in [0.15, 0.2) is 0 Å². The molecular formula is C21H38O2. The molecule has 2 rings (SSSR count). The van der Waals surface area contributed by atoms with E-state index in [2.05, 4.69) is 26.0 Å². The zero-order valence-electron chi connectivity index (χ0n) is 15.5. The lowest BCUT2D eigenvalue weighted by Crippen LogP contribution is -2.01. The minimum Gasteiger partial charge on any atom is -0.369 e. The van der Waals surface area contributed by atoms with Gasteiger partial charge in [-0.3, -0.25) is 0 Å². The summed E-state index contributed by atoms with van der Waals surface area (Å²) in [7, 11) is 0. The first kappa shape index (κ1) is 19.0. The largest absolute Gasteiger partial charge is 0.369 e. The molecule has 0 aromatic carbocycles. The maximum absolute atomic E-state index is 5.82. The average Bonchev–Trinajstić information content (AvgIpc) is 3.46. The molecule has 0 N–H and O–H groups in total. The zero-order valence-corrected chi connectivity index (χ0v) is 15.5. The van der Waals surface area contributed by atoms with Crippen molar-refractivity contribution in [2.45, 2.75) is 122 Å². The van der Waals surface area contributed by atoms with Gasteiger partial charge in [0.1, 0.15) is 0 Å². The monoisotopic (exact) mass is 322 g/mol. The van der Waals surface area contributed by atoms with Crippen LogP contribution in [-0.4, -0.2) is 24.4 Å². The van der Waals surface area contributed by atoms with Crippen molar-refractivity contribution in [3.8, 4) is 0 Å². The van der Waals surface area contributed by atoms with E-state index in [1.54, 1.807) is 0 Å². The maximum atomic E-state index is 5.82. The van der Waals surface area contributed by atoms with Crippen molar-refractivity contribution in [2.24, 2.45) is 0 Å². The minimum absolute atomic E-state index is 0.481. The van der Waals surface area contributed by atoms with Crippen LogP contribution in [0.1, 0.15) is 97.3 Å². The van der Waals surface area contributed by atoms with E-state index in [0.717, 1.165) is 19.3 Å². The summed E-state index contributed by atoms with van der Waals surface area (Å²) in [6.07, 6.45) is 23.8. The standard InChI is InChI=1S/C21H38O2/c1-3-5-7-8-9-10-11-12-14-16-19-21(23-19)17-20-18(22-20)15-13-6-4-2/h6,13,18-21H,3-5,7-12,14-17H2,1-2H3/b13-6-/t18-,19+,20+,21-/m1/s1. The molecule has 0 spiro atoms. The summed E-state index contributed by atoms with van der Waals surface area (Å²) in [5, 5.41) is 0. The van der Waals surface area contributed by atoms with Crippen molar-refractivity contribution in [3.63, 3.8) is 0 Å². The lowest BCUT2D eigenvalue weighted by Gasteiger charge is -2.01. The number of allylic oxidation sites excluding steroid dienone is 1. The molecule has 0 unspecified atom stereocenters. The van der Waals surface area contributed by atoms with Crippen molar-refractivity contribution < 1.29 is 9.47 Å². The molecular weight excluding hydrogens is 284 g/mol. The predicted octanol–water partition coefficient (Wildman–Crippen LogP) is 6.19. The van der Waals surface area contributed by atoms with E-state index < -0.39 is 0 Å². The number of ether oxygens (including phenoxy) is 2. The number of hydrogen-bond donors (Lipinski definition) is 0. The molecule has 0 bridgehead atoms. The predicted molar refractivity (Wildman–Crippen MR) is 97.8 cm³/mol. The maximum Gasteiger partial charge on any atom is 0.0877 e. The Labute approximate surface area is 144 Å². The molecule has 2 aliphatic rings. The molecule has 0 aromatic rings. The molecule has 0 aromatic heterocycles. The normalized spacial score (nSPS) is 29.3. The quantitative estimate of drug-likeness (QED) is 0.204. The number of rotatable bonds is 15. The fraction of sp³-hybridized carbons (Fsp3) is 0.905. The summed E-state index contributed by atoms with van der Waals surface area (Å²) in [4.78, 5) is 0. The van der Waals surface area contributed by atoms with Gasteiger partial charge in [0.05, 0.1) is 24.4 Å². The van der Waals surface area contributed by atoms with Crippen LogP contribution in [0.25, 0.3) is 0 Å². The van der Waals surface area contributed by atoms with E-state index in [0.29, 0.717) is 24.4 Å². The molecule has 0 radical (unpaired) electrons. The molecule has 2 aliphatic heterocycles. The highest BCUT2D eigenvalue weighted by Gasteiger charge is 2.47. The van der Waals surface area contributed by atoms with Gasteiger partial charge in [0.2, 0.25) is 0 Å². The molecule has 0 aliphatic carbocycles. The lowest BCUT2D eigenvalue weighted by atomic mass is 10.0. The molecule has 4 atom stereocenters. The topological polar surface area (TPSA) is 25.1 Å². The van der Waals surface area contributed by atoms with E-state index in [1.807, 2.05) is 0 Å². The lowest BCUT2D eigenvalue weighted by molar-refractivity contribution is 0.320. The molecule has 2 heterocycles. The molecule has 134 valence electrons. The molecule has 2 heteroatoms. The van der Waals surface area contributed by atoms with Crippen LogP contribution in [-0.2, 0) is 9.47 Å². The zero-order chi connectivity index (χ0) is 16.3. The summed E-state index contributed by atoms with van der Waals surface area (Å²) < 4.78 is 11.5. The van der Waals surface area contributed by atoms with Crippen molar-refractivity contribution in [1.29, 1.82) is 0 Å². The third-order valence-corrected chi connectivity index (χ3v) is 5.20. The highest BCUT2D eigenvalue weighted by molar-refractivity contribution is 4.98. The summed E-state index contributed by atoms with van der Waals surface area (Å²) in [6.45, 7) is 4.46. The third kappa shape index (κ3) is 8.35. The van der Waals surface area contributed by atoms with Gasteiger partial charge in [-0.25, -0.2) is 0 Å². The summed E-state index contributed by atoms with van der Waals surface area (Å²) in [5.41, 5.74) is 0. The Morgan fingerprint density at radius 1 is 0.652 bits per heavy atom. The number of epoxide rings is 2. The number of hydrogen-bond acceptors (Lipinski definition) is 2. The van der Waals surface area contributed by atoms with Gasteiger partial charge in [-0.15, -0.1) is 0 Å². The van der Waals surface area contributed by atoms with Gasteiger partial charge in [-0.2, -0.15) is 0 Å². The van der Waals surface area contributed by atoms with Crippen LogP contribution in [0.2, 0.25) is 0 Å². The van der Waals surface area contributed by atoms with Crippen LogP contribution in [0.4, 0.5) is 0 Å². The van der Waals surface area contributed by atoms with Crippen molar-refractivity contribution in [1.82, 2.24) is 0 Å². The van der Waals surface area contributed by atoms with E-state index in [1.165, 1.54) is 64.2 Å². The van der Waals surface area contributed by atoms with E-state index in [4.69, 9.17) is 9.47 Å². The van der Waals surface area contributed by atoms with Crippen LogP contribution in [0.5, 0.6) is 0 Å². The third-order valence-electron chi connectivity index (χ3n) is 5.20. The van der Waals surface area contributed by atoms with E-state index >= 15 is 0 Å². The fourth-order valence-corrected chi connectivity index (χ4v) is 3.52. The first-order chi connectivity index (χ1) is 11.3. The second-order valence-corrected chi connectivity index (χ2v) is 7.39. The van der Waals surface area contributed by atoms with Crippen LogP contribution in [0.15, 0.2) is 12.2 Å². The Hall–Kier alpha value is -0.340. The Morgan fingerprint density at radius 3 is 1.96 bits per heavy atom. The Balaban J connectivity index is 1.34. The van der Waals surface area contributed by atoms with E-state index in [9.17, 15) is 0 Å². The van der Waals surface area contributed by atoms with Crippen molar-refractivity contribution in [3.05, 3.63) is 12.2 Å². The molecule has 2 fully saturated rings. The van der Waals surface area contributed by atoms with Crippen LogP contribution >= 0.6 is 0 Å². The molecule has 0 saturated carbocycles. The average molecular weight is 323 g/mol. The first-order valence-electron chi connectivity index (χ1n) is 10.3. The van der Waals surface area contributed by atoms with Crippen LogP contribution < -0.4 is 0 Å². The van der Waals surface area contributed by atoms with Crippen LogP contribution in [0.3, 0.4) is 0 Å². The summed E-state index contributed by atoms with van der Waals surface area (Å²) in [6, 6.07) is 0. The Morgan fingerprint density at radius 2 is 1.26 bits per heavy atom. The Bertz CT molecular complexity index is 326. The highest BCUT2D eigenvalue weighted by Crippen LogP contribution is 2.38. The van der Waals surface area contributed by atoms with Crippen molar-refractivity contribution >= 4 is 0 Å². The molecule has 0 amide bonds. The molecule has 2 saturated heterocycles. The van der Waals surface area contributed by atoms with Gasteiger partial charge in [0.25, 0.3) is 0 Å². The van der Waals surface area contributed by atoms with Gasteiger partial charge < -0.3 is 9.47 Å². The van der Waals surface area contributed by atoms with Crippen LogP contribution in [0, 0.1) is 0 Å². The molecule has 23 heavy (non-hydrogen) atoms.